The lowest BCUT2D eigenvalue weighted by atomic mass is 10.2. The van der Waals surface area contributed by atoms with Crippen molar-refractivity contribution in [3.8, 4) is 0 Å². The van der Waals surface area contributed by atoms with Crippen LogP contribution in [0, 0.1) is 12.7 Å². The Labute approximate surface area is 117 Å². The third-order valence-corrected chi connectivity index (χ3v) is 5.55. The van der Waals surface area contributed by atoms with Crippen LogP contribution in [0.25, 0.3) is 0 Å². The van der Waals surface area contributed by atoms with Gasteiger partial charge in [-0.25, -0.2) is 17.5 Å². The van der Waals surface area contributed by atoms with Crippen molar-refractivity contribution >= 4 is 21.8 Å². The minimum Gasteiger partial charge on any atom is -0.395 e. The molecule has 2 N–H and O–H groups in total. The fourth-order valence-electron chi connectivity index (χ4n) is 1.57. The van der Waals surface area contributed by atoms with Crippen LogP contribution in [-0.4, -0.2) is 37.7 Å². The highest BCUT2D eigenvalue weighted by molar-refractivity contribution is 7.99. The predicted molar refractivity (Wildman–Crippen MR) is 75.3 cm³/mol. The van der Waals surface area contributed by atoms with Crippen LogP contribution < -0.4 is 4.72 Å². The molecule has 0 bridgehead atoms. The van der Waals surface area contributed by atoms with Gasteiger partial charge in [0.2, 0.25) is 10.0 Å². The molecule has 0 fully saturated rings. The lowest BCUT2D eigenvalue weighted by Gasteiger charge is -2.21. The van der Waals surface area contributed by atoms with Crippen molar-refractivity contribution in [2.75, 3.05) is 12.9 Å². The average Bonchev–Trinajstić information content (AvgIpc) is 2.33. The van der Waals surface area contributed by atoms with Gasteiger partial charge in [-0.2, -0.15) is 11.8 Å². The summed E-state index contributed by atoms with van der Waals surface area (Å²) in [7, 11) is -3.78. The van der Waals surface area contributed by atoms with Crippen LogP contribution in [0.2, 0.25) is 0 Å². The van der Waals surface area contributed by atoms with Gasteiger partial charge in [-0.05, 0) is 37.8 Å². The molecule has 2 atom stereocenters. The minimum absolute atomic E-state index is 0.111. The summed E-state index contributed by atoms with van der Waals surface area (Å²) in [5, 5.41) is 8.88. The third kappa shape index (κ3) is 4.17. The monoisotopic (exact) mass is 307 g/mol. The van der Waals surface area contributed by atoms with Crippen molar-refractivity contribution < 1.29 is 17.9 Å². The van der Waals surface area contributed by atoms with E-state index < -0.39 is 21.9 Å². The predicted octanol–water partition coefficient (Wildman–Crippen LogP) is 1.52. The van der Waals surface area contributed by atoms with E-state index in [1.165, 1.54) is 23.9 Å². The van der Waals surface area contributed by atoms with Crippen molar-refractivity contribution in [3.05, 3.63) is 29.6 Å². The summed E-state index contributed by atoms with van der Waals surface area (Å²) in [6.45, 7) is 3.10. The van der Waals surface area contributed by atoms with E-state index in [1.807, 2.05) is 0 Å². The molecule has 0 saturated heterocycles. The van der Waals surface area contributed by atoms with Crippen molar-refractivity contribution in [3.63, 3.8) is 0 Å². The first-order valence-corrected chi connectivity index (χ1v) is 8.51. The first-order valence-electron chi connectivity index (χ1n) is 5.74. The molecule has 0 aliphatic heterocycles. The number of rotatable bonds is 6. The van der Waals surface area contributed by atoms with Crippen LogP contribution in [0.4, 0.5) is 4.39 Å². The summed E-state index contributed by atoms with van der Waals surface area (Å²) < 4.78 is 40.0. The van der Waals surface area contributed by atoms with Crippen LogP contribution in [0.5, 0.6) is 0 Å². The van der Waals surface area contributed by atoms with Crippen molar-refractivity contribution in [2.45, 2.75) is 30.0 Å². The summed E-state index contributed by atoms with van der Waals surface area (Å²) in [6, 6.07) is 3.33. The van der Waals surface area contributed by atoms with Gasteiger partial charge in [-0.1, -0.05) is 6.07 Å². The largest absolute Gasteiger partial charge is 0.395 e. The number of sulfonamides is 1. The Balaban J connectivity index is 2.95. The van der Waals surface area contributed by atoms with Crippen LogP contribution in [-0.2, 0) is 10.0 Å². The van der Waals surface area contributed by atoms with Gasteiger partial charge >= 0.3 is 0 Å². The van der Waals surface area contributed by atoms with Gasteiger partial charge in [0.1, 0.15) is 5.82 Å². The molecule has 1 aromatic rings. The zero-order valence-electron chi connectivity index (χ0n) is 11.1. The molecular formula is C12H18FNO3S2. The molecule has 0 aromatic heterocycles. The number of aliphatic hydroxyl groups is 1. The molecule has 0 amide bonds. The smallest absolute Gasteiger partial charge is 0.240 e. The summed E-state index contributed by atoms with van der Waals surface area (Å²) in [6.07, 6.45) is 1.79. The van der Waals surface area contributed by atoms with Gasteiger partial charge in [-0.15, -0.1) is 0 Å². The Morgan fingerprint density at radius 1 is 1.47 bits per heavy atom. The summed E-state index contributed by atoms with van der Waals surface area (Å²) >= 11 is 1.37. The Bertz CT molecular complexity index is 530. The van der Waals surface area contributed by atoms with Gasteiger partial charge in [0.15, 0.2) is 0 Å². The highest BCUT2D eigenvalue weighted by atomic mass is 32.2. The van der Waals surface area contributed by atoms with Gasteiger partial charge < -0.3 is 5.11 Å². The number of hydrogen-bond donors (Lipinski definition) is 2. The maximum absolute atomic E-state index is 13.4. The van der Waals surface area contributed by atoms with Gasteiger partial charge in [0.25, 0.3) is 0 Å². The highest BCUT2D eigenvalue weighted by Gasteiger charge is 2.23. The van der Waals surface area contributed by atoms with Crippen LogP contribution in [0.1, 0.15) is 12.5 Å². The molecule has 1 aromatic carbocycles. The molecule has 0 radical (unpaired) electrons. The number of aryl methyl sites for hydroxylation is 1. The first kappa shape index (κ1) is 16.4. The molecule has 19 heavy (non-hydrogen) atoms. The van der Waals surface area contributed by atoms with E-state index >= 15 is 0 Å². The SMILES string of the molecule is CSC(CO)C(C)NS(=O)(=O)c1ccc(C)c(F)c1. The van der Waals surface area contributed by atoms with Crippen molar-refractivity contribution in [2.24, 2.45) is 0 Å². The first-order chi connectivity index (χ1) is 8.81. The minimum atomic E-state index is -3.78. The molecule has 4 nitrogen and oxygen atoms in total. The highest BCUT2D eigenvalue weighted by Crippen LogP contribution is 2.17. The van der Waals surface area contributed by atoms with Crippen LogP contribution >= 0.6 is 11.8 Å². The second kappa shape index (κ2) is 6.69. The lowest BCUT2D eigenvalue weighted by molar-refractivity contribution is 0.282. The standard InChI is InChI=1S/C12H18FNO3S2/c1-8-4-5-10(6-11(8)13)19(16,17)14-9(2)12(7-15)18-3/h4-6,9,12,14-15H,7H2,1-3H3. The van der Waals surface area contributed by atoms with Crippen LogP contribution in [0.3, 0.4) is 0 Å². The van der Waals surface area contributed by atoms with Gasteiger partial charge in [0, 0.05) is 11.3 Å². The molecule has 108 valence electrons. The quantitative estimate of drug-likeness (QED) is 0.836. The topological polar surface area (TPSA) is 66.4 Å². The van der Waals surface area contributed by atoms with E-state index in [0.29, 0.717) is 5.56 Å². The summed E-state index contributed by atoms with van der Waals surface area (Å²) in [5.74, 6) is -0.556. The van der Waals surface area contributed by atoms with E-state index in [0.717, 1.165) is 6.07 Å². The molecule has 0 aliphatic carbocycles. The summed E-state index contributed by atoms with van der Waals surface area (Å²) in [5.41, 5.74) is 0.393. The Hall–Kier alpha value is -0.630. The van der Waals surface area contributed by atoms with E-state index in [-0.39, 0.29) is 16.8 Å². The second-order valence-corrected chi connectivity index (χ2v) is 7.07. The molecule has 0 heterocycles. The molecule has 0 spiro atoms. The number of hydrogen-bond acceptors (Lipinski definition) is 4. The van der Waals surface area contributed by atoms with E-state index in [2.05, 4.69) is 4.72 Å². The Kier molecular flexibility index (Phi) is 5.79. The van der Waals surface area contributed by atoms with Gasteiger partial charge in [0.05, 0.1) is 11.5 Å². The maximum Gasteiger partial charge on any atom is 0.240 e. The van der Waals surface area contributed by atoms with Gasteiger partial charge in [-0.3, -0.25) is 0 Å². The fraction of sp³-hybridized carbons (Fsp3) is 0.500. The zero-order valence-corrected chi connectivity index (χ0v) is 12.7. The maximum atomic E-state index is 13.4. The number of halogens is 1. The van der Waals surface area contributed by atoms with E-state index in [1.54, 1.807) is 20.1 Å². The number of nitrogens with one attached hydrogen (secondary N) is 1. The van der Waals surface area contributed by atoms with Crippen molar-refractivity contribution in [1.29, 1.82) is 0 Å². The molecule has 1 rings (SSSR count). The van der Waals surface area contributed by atoms with E-state index in [9.17, 15) is 12.8 Å². The second-order valence-electron chi connectivity index (χ2n) is 4.28. The van der Waals surface area contributed by atoms with Crippen LogP contribution in [0.15, 0.2) is 23.1 Å². The Morgan fingerprint density at radius 2 is 2.11 bits per heavy atom. The summed E-state index contributed by atoms with van der Waals surface area (Å²) in [4.78, 5) is -0.111. The molecular weight excluding hydrogens is 289 g/mol. The molecule has 7 heteroatoms. The number of benzene rings is 1. The lowest BCUT2D eigenvalue weighted by Crippen LogP contribution is -2.41. The molecule has 0 saturated carbocycles. The third-order valence-electron chi connectivity index (χ3n) is 2.84. The molecule has 2 unspecified atom stereocenters. The molecule has 0 aliphatic rings. The fourth-order valence-corrected chi connectivity index (χ4v) is 3.57. The average molecular weight is 307 g/mol. The Morgan fingerprint density at radius 3 is 2.58 bits per heavy atom. The normalized spacial score (nSPS) is 15.2. The van der Waals surface area contributed by atoms with Crippen molar-refractivity contribution in [1.82, 2.24) is 4.72 Å². The number of aliphatic hydroxyl groups excluding tert-OH is 1. The van der Waals surface area contributed by atoms with E-state index in [4.69, 9.17) is 5.11 Å². The number of thioether (sulfide) groups is 1. The zero-order chi connectivity index (χ0) is 14.6.